The van der Waals surface area contributed by atoms with Gasteiger partial charge in [-0.3, -0.25) is 4.79 Å². The van der Waals surface area contributed by atoms with Gasteiger partial charge in [0.15, 0.2) is 11.5 Å². The van der Waals surface area contributed by atoms with Crippen LogP contribution in [0.25, 0.3) is 0 Å². The van der Waals surface area contributed by atoms with Gasteiger partial charge in [-0.25, -0.2) is 0 Å². The number of amides is 1. The van der Waals surface area contributed by atoms with Crippen LogP contribution < -0.4 is 9.47 Å². The van der Waals surface area contributed by atoms with Gasteiger partial charge in [0.25, 0.3) is 5.91 Å². The summed E-state index contributed by atoms with van der Waals surface area (Å²) in [7, 11) is 3.24. The molecule has 1 amide bonds. The average Bonchev–Trinajstić information content (AvgIpc) is 2.69. The molecule has 0 unspecified atom stereocenters. The van der Waals surface area contributed by atoms with Gasteiger partial charge in [-0.15, -0.1) is 0 Å². The molecule has 0 N–H and O–H groups in total. The highest BCUT2D eigenvalue weighted by Crippen LogP contribution is 2.33. The van der Waals surface area contributed by atoms with Gasteiger partial charge in [-0.1, -0.05) is 38.5 Å². The second-order valence-corrected chi connectivity index (χ2v) is 7.37. The van der Waals surface area contributed by atoms with Crippen molar-refractivity contribution in [3.05, 3.63) is 23.8 Å². The minimum atomic E-state index is 0.166. The Morgan fingerprint density at radius 3 is 1.84 bits per heavy atom. The number of benzene rings is 1. The number of methoxy groups -OCH3 is 2. The van der Waals surface area contributed by atoms with Gasteiger partial charge >= 0.3 is 0 Å². The Labute approximate surface area is 151 Å². The Balaban J connectivity index is 1.87. The molecule has 0 saturated heterocycles. The van der Waals surface area contributed by atoms with E-state index >= 15 is 0 Å². The van der Waals surface area contributed by atoms with Crippen molar-refractivity contribution < 1.29 is 14.3 Å². The maximum absolute atomic E-state index is 13.4. The molecular formula is C21H31NO3. The molecule has 2 aliphatic carbocycles. The van der Waals surface area contributed by atoms with E-state index in [0.717, 1.165) is 25.7 Å². The van der Waals surface area contributed by atoms with Crippen molar-refractivity contribution in [1.29, 1.82) is 0 Å². The Kier molecular flexibility index (Phi) is 6.22. The lowest BCUT2D eigenvalue weighted by atomic mass is 9.88. The van der Waals surface area contributed by atoms with E-state index in [0.29, 0.717) is 29.1 Å². The number of carbonyl (C=O) groups is 1. The molecule has 1 aromatic rings. The van der Waals surface area contributed by atoms with Crippen molar-refractivity contribution in [2.24, 2.45) is 0 Å². The fourth-order valence-corrected chi connectivity index (χ4v) is 4.47. The average molecular weight is 345 g/mol. The van der Waals surface area contributed by atoms with Crippen LogP contribution in [-0.4, -0.2) is 37.1 Å². The first-order chi connectivity index (χ1) is 12.2. The van der Waals surface area contributed by atoms with Crippen molar-refractivity contribution in [2.75, 3.05) is 14.2 Å². The summed E-state index contributed by atoms with van der Waals surface area (Å²) in [5, 5.41) is 0. The number of nitrogens with zero attached hydrogens (tertiary/aromatic N) is 1. The minimum Gasteiger partial charge on any atom is -0.493 e. The molecule has 2 saturated carbocycles. The molecule has 138 valence electrons. The summed E-state index contributed by atoms with van der Waals surface area (Å²) < 4.78 is 10.7. The molecular weight excluding hydrogens is 314 g/mol. The highest BCUT2D eigenvalue weighted by molar-refractivity contribution is 5.95. The number of hydrogen-bond acceptors (Lipinski definition) is 3. The van der Waals surface area contributed by atoms with E-state index < -0.39 is 0 Å². The Morgan fingerprint density at radius 2 is 1.36 bits per heavy atom. The summed E-state index contributed by atoms with van der Waals surface area (Å²) in [4.78, 5) is 15.7. The maximum Gasteiger partial charge on any atom is 0.254 e. The van der Waals surface area contributed by atoms with Crippen LogP contribution in [0.15, 0.2) is 18.2 Å². The third-order valence-corrected chi connectivity index (χ3v) is 5.80. The first-order valence-corrected chi connectivity index (χ1v) is 9.79. The van der Waals surface area contributed by atoms with Crippen LogP contribution in [0.3, 0.4) is 0 Å². The second-order valence-electron chi connectivity index (χ2n) is 7.37. The minimum absolute atomic E-state index is 0.166. The molecule has 2 fully saturated rings. The van der Waals surface area contributed by atoms with E-state index in [-0.39, 0.29) is 5.91 Å². The molecule has 0 aromatic heterocycles. The fraction of sp³-hybridized carbons (Fsp3) is 0.667. The van der Waals surface area contributed by atoms with Crippen LogP contribution in [0.1, 0.15) is 74.6 Å². The summed E-state index contributed by atoms with van der Waals surface area (Å²) in [6.45, 7) is 0. The normalized spacial score (nSPS) is 19.4. The Bertz CT molecular complexity index is 557. The summed E-state index contributed by atoms with van der Waals surface area (Å²) in [5.74, 6) is 1.46. The largest absolute Gasteiger partial charge is 0.493 e. The molecule has 1 aromatic carbocycles. The predicted molar refractivity (Wildman–Crippen MR) is 99.5 cm³/mol. The molecule has 0 radical (unpaired) electrons. The SMILES string of the molecule is COc1ccc(C(=O)N(C2CCCCC2)C2CCCCC2)cc1OC. The molecule has 4 heteroatoms. The van der Waals surface area contributed by atoms with Gasteiger partial charge in [-0.05, 0) is 43.9 Å². The van der Waals surface area contributed by atoms with Crippen LogP contribution in [0.2, 0.25) is 0 Å². The molecule has 4 nitrogen and oxygen atoms in total. The van der Waals surface area contributed by atoms with E-state index in [1.807, 2.05) is 18.2 Å². The summed E-state index contributed by atoms with van der Waals surface area (Å²) in [6, 6.07) is 6.35. The predicted octanol–water partition coefficient (Wildman–Crippen LogP) is 4.81. The molecule has 2 aliphatic rings. The molecule has 0 heterocycles. The number of rotatable bonds is 5. The van der Waals surface area contributed by atoms with Gasteiger partial charge in [0, 0.05) is 17.6 Å². The van der Waals surface area contributed by atoms with Crippen molar-refractivity contribution >= 4 is 5.91 Å². The molecule has 3 rings (SSSR count). The highest BCUT2D eigenvalue weighted by Gasteiger charge is 2.33. The number of hydrogen-bond donors (Lipinski definition) is 0. The summed E-state index contributed by atoms with van der Waals surface area (Å²) in [6.07, 6.45) is 12.2. The first kappa shape index (κ1) is 18.1. The van der Waals surface area contributed by atoms with E-state index in [1.54, 1.807) is 14.2 Å². The second kappa shape index (κ2) is 8.59. The number of ether oxygens (including phenoxy) is 2. The molecule has 0 aliphatic heterocycles. The molecule has 0 atom stereocenters. The third-order valence-electron chi connectivity index (χ3n) is 5.80. The monoisotopic (exact) mass is 345 g/mol. The summed E-state index contributed by atoms with van der Waals surface area (Å²) in [5.41, 5.74) is 0.716. The van der Waals surface area contributed by atoms with Gasteiger partial charge < -0.3 is 14.4 Å². The van der Waals surface area contributed by atoms with E-state index in [2.05, 4.69) is 4.90 Å². The van der Waals surface area contributed by atoms with Gasteiger partial charge in [0.2, 0.25) is 0 Å². The summed E-state index contributed by atoms with van der Waals surface area (Å²) >= 11 is 0. The molecule has 0 spiro atoms. The van der Waals surface area contributed by atoms with E-state index in [9.17, 15) is 4.79 Å². The maximum atomic E-state index is 13.4. The van der Waals surface area contributed by atoms with Gasteiger partial charge in [0.1, 0.15) is 0 Å². The zero-order chi connectivity index (χ0) is 17.6. The zero-order valence-corrected chi connectivity index (χ0v) is 15.6. The van der Waals surface area contributed by atoms with Crippen LogP contribution in [0.4, 0.5) is 0 Å². The van der Waals surface area contributed by atoms with Gasteiger partial charge in [0.05, 0.1) is 14.2 Å². The van der Waals surface area contributed by atoms with Crippen LogP contribution in [0.5, 0.6) is 11.5 Å². The van der Waals surface area contributed by atoms with Crippen molar-refractivity contribution in [1.82, 2.24) is 4.90 Å². The smallest absolute Gasteiger partial charge is 0.254 e. The third kappa shape index (κ3) is 4.10. The standard InChI is InChI=1S/C21H31NO3/c1-24-19-14-13-16(15-20(19)25-2)21(23)22(17-9-5-3-6-10-17)18-11-7-4-8-12-18/h13-15,17-18H,3-12H2,1-2H3. The highest BCUT2D eigenvalue weighted by atomic mass is 16.5. The first-order valence-electron chi connectivity index (χ1n) is 9.79. The number of carbonyl (C=O) groups excluding carboxylic acids is 1. The topological polar surface area (TPSA) is 38.8 Å². The van der Waals surface area contributed by atoms with Crippen LogP contribution in [-0.2, 0) is 0 Å². The molecule has 0 bridgehead atoms. The van der Waals surface area contributed by atoms with Crippen molar-refractivity contribution in [3.8, 4) is 11.5 Å². The van der Waals surface area contributed by atoms with Crippen LogP contribution >= 0.6 is 0 Å². The van der Waals surface area contributed by atoms with Crippen LogP contribution in [0, 0.1) is 0 Å². The van der Waals surface area contributed by atoms with Crippen molar-refractivity contribution in [2.45, 2.75) is 76.3 Å². The lowest BCUT2D eigenvalue weighted by Gasteiger charge is -2.42. The Morgan fingerprint density at radius 1 is 0.840 bits per heavy atom. The molecule has 25 heavy (non-hydrogen) atoms. The van der Waals surface area contributed by atoms with Gasteiger partial charge in [-0.2, -0.15) is 0 Å². The van der Waals surface area contributed by atoms with E-state index in [1.165, 1.54) is 38.5 Å². The Hall–Kier alpha value is -1.71. The van der Waals surface area contributed by atoms with Crippen molar-refractivity contribution in [3.63, 3.8) is 0 Å². The zero-order valence-electron chi connectivity index (χ0n) is 15.6. The lowest BCUT2D eigenvalue weighted by Crippen LogP contribution is -2.48. The van der Waals surface area contributed by atoms with E-state index in [4.69, 9.17) is 9.47 Å². The fourth-order valence-electron chi connectivity index (χ4n) is 4.47. The lowest BCUT2D eigenvalue weighted by molar-refractivity contribution is 0.0448. The quantitative estimate of drug-likeness (QED) is 0.768.